The summed E-state index contributed by atoms with van der Waals surface area (Å²) in [5, 5.41) is 18.8. The van der Waals surface area contributed by atoms with E-state index in [1.165, 1.54) is 6.07 Å². The van der Waals surface area contributed by atoms with E-state index in [1.54, 1.807) is 6.92 Å². The highest BCUT2D eigenvalue weighted by Gasteiger charge is 2.07. The lowest BCUT2D eigenvalue weighted by atomic mass is 10.2. The Morgan fingerprint density at radius 1 is 1.71 bits per heavy atom. The third-order valence-electron chi connectivity index (χ3n) is 1.56. The number of pyridine rings is 1. The molecule has 0 unspecified atom stereocenters. The van der Waals surface area contributed by atoms with Crippen LogP contribution < -0.4 is 0 Å². The van der Waals surface area contributed by atoms with Crippen molar-refractivity contribution in [2.75, 3.05) is 6.61 Å². The van der Waals surface area contributed by atoms with Crippen molar-refractivity contribution in [3.05, 3.63) is 33.6 Å². The highest BCUT2D eigenvalue weighted by atomic mass is 16.6. The Kier molecular flexibility index (Phi) is 3.15. The van der Waals surface area contributed by atoms with Crippen molar-refractivity contribution in [3.63, 3.8) is 0 Å². The first-order valence-corrected chi connectivity index (χ1v) is 3.86. The lowest BCUT2D eigenvalue weighted by Gasteiger charge is -1.96. The van der Waals surface area contributed by atoms with Crippen LogP contribution in [0.5, 0.6) is 0 Å². The number of aryl methyl sites for hydroxylation is 1. The molecule has 0 aliphatic carbocycles. The van der Waals surface area contributed by atoms with Gasteiger partial charge in [-0.2, -0.15) is 0 Å². The Balaban J connectivity index is 3.07. The molecule has 0 bridgehead atoms. The van der Waals surface area contributed by atoms with Crippen LogP contribution in [0.1, 0.15) is 11.3 Å². The van der Waals surface area contributed by atoms with Crippen molar-refractivity contribution < 1.29 is 10.0 Å². The van der Waals surface area contributed by atoms with Crippen molar-refractivity contribution in [2.24, 2.45) is 0 Å². The first kappa shape index (κ1) is 10.2. The maximum atomic E-state index is 10.4. The standard InChI is InChI=1S/C9H8N2O3/c1-7-5-8(11(13)14)6-10-9(7)3-2-4-12/h5-6,12H,4H2,1H3. The lowest BCUT2D eigenvalue weighted by Crippen LogP contribution is -1.93. The van der Waals surface area contributed by atoms with Crippen molar-refractivity contribution >= 4 is 5.69 Å². The third-order valence-corrected chi connectivity index (χ3v) is 1.56. The van der Waals surface area contributed by atoms with E-state index >= 15 is 0 Å². The molecule has 0 atom stereocenters. The van der Waals surface area contributed by atoms with Gasteiger partial charge in [0.1, 0.15) is 18.5 Å². The summed E-state index contributed by atoms with van der Waals surface area (Å²) >= 11 is 0. The van der Waals surface area contributed by atoms with Gasteiger partial charge in [0.05, 0.1) is 4.92 Å². The van der Waals surface area contributed by atoms with E-state index in [1.807, 2.05) is 0 Å². The highest BCUT2D eigenvalue weighted by molar-refractivity contribution is 5.41. The fourth-order valence-electron chi connectivity index (χ4n) is 0.914. The van der Waals surface area contributed by atoms with E-state index in [9.17, 15) is 10.1 Å². The number of aliphatic hydroxyl groups excluding tert-OH is 1. The van der Waals surface area contributed by atoms with Gasteiger partial charge in [-0.1, -0.05) is 5.92 Å². The van der Waals surface area contributed by atoms with Crippen LogP contribution in [0.2, 0.25) is 0 Å². The molecule has 0 fully saturated rings. The highest BCUT2D eigenvalue weighted by Crippen LogP contribution is 2.13. The van der Waals surface area contributed by atoms with Crippen LogP contribution in [-0.4, -0.2) is 21.6 Å². The number of aromatic nitrogens is 1. The quantitative estimate of drug-likeness (QED) is 0.402. The number of nitro groups is 1. The Morgan fingerprint density at radius 3 is 2.93 bits per heavy atom. The van der Waals surface area contributed by atoms with Crippen LogP contribution in [0, 0.1) is 28.9 Å². The molecule has 5 nitrogen and oxygen atoms in total. The fraction of sp³-hybridized carbons (Fsp3) is 0.222. The number of hydrogen-bond acceptors (Lipinski definition) is 4. The molecule has 5 heteroatoms. The predicted molar refractivity (Wildman–Crippen MR) is 49.6 cm³/mol. The molecule has 1 aromatic heterocycles. The number of rotatable bonds is 1. The maximum Gasteiger partial charge on any atom is 0.287 e. The fourth-order valence-corrected chi connectivity index (χ4v) is 0.914. The van der Waals surface area contributed by atoms with Crippen LogP contribution in [0.3, 0.4) is 0 Å². The van der Waals surface area contributed by atoms with E-state index < -0.39 is 4.92 Å². The summed E-state index contributed by atoms with van der Waals surface area (Å²) < 4.78 is 0. The van der Waals surface area contributed by atoms with E-state index in [2.05, 4.69) is 16.8 Å². The molecule has 72 valence electrons. The average Bonchev–Trinajstić information content (AvgIpc) is 2.15. The molecule has 0 amide bonds. The largest absolute Gasteiger partial charge is 0.384 e. The number of aliphatic hydroxyl groups is 1. The minimum atomic E-state index is -0.511. The zero-order chi connectivity index (χ0) is 10.6. The summed E-state index contributed by atoms with van der Waals surface area (Å²) in [4.78, 5) is 13.7. The molecule has 0 spiro atoms. The molecular weight excluding hydrogens is 184 g/mol. The van der Waals surface area contributed by atoms with Crippen LogP contribution in [0.25, 0.3) is 0 Å². The molecule has 1 N–H and O–H groups in total. The van der Waals surface area contributed by atoms with Gasteiger partial charge in [0.25, 0.3) is 5.69 Å². The molecule has 14 heavy (non-hydrogen) atoms. The molecule has 0 aromatic carbocycles. The molecule has 0 aliphatic rings. The SMILES string of the molecule is Cc1cc([N+](=O)[O-])cnc1C#CCO. The van der Waals surface area contributed by atoms with Gasteiger partial charge >= 0.3 is 0 Å². The van der Waals surface area contributed by atoms with Gasteiger partial charge in [-0.3, -0.25) is 10.1 Å². The Bertz CT molecular complexity index is 418. The van der Waals surface area contributed by atoms with Crippen LogP contribution in [0.4, 0.5) is 5.69 Å². The van der Waals surface area contributed by atoms with Gasteiger partial charge in [0, 0.05) is 6.07 Å². The Hall–Kier alpha value is -1.93. The molecule has 1 rings (SSSR count). The lowest BCUT2D eigenvalue weighted by molar-refractivity contribution is -0.385. The van der Waals surface area contributed by atoms with Gasteiger partial charge in [-0.15, -0.1) is 0 Å². The first-order valence-electron chi connectivity index (χ1n) is 3.86. The van der Waals surface area contributed by atoms with Crippen LogP contribution in [0.15, 0.2) is 12.3 Å². The zero-order valence-electron chi connectivity index (χ0n) is 7.52. The molecule has 1 aromatic rings. The summed E-state index contributed by atoms with van der Waals surface area (Å²) in [5.74, 6) is 5.02. The van der Waals surface area contributed by atoms with E-state index in [-0.39, 0.29) is 12.3 Å². The third kappa shape index (κ3) is 2.28. The topological polar surface area (TPSA) is 76.3 Å². The number of nitrogens with zero attached hydrogens (tertiary/aromatic N) is 2. The van der Waals surface area contributed by atoms with Crippen LogP contribution in [-0.2, 0) is 0 Å². The summed E-state index contributed by atoms with van der Waals surface area (Å²) in [7, 11) is 0. The normalized spacial score (nSPS) is 9.00. The summed E-state index contributed by atoms with van der Waals surface area (Å²) in [5.41, 5.74) is 1.02. The van der Waals surface area contributed by atoms with E-state index in [0.29, 0.717) is 11.3 Å². The summed E-state index contributed by atoms with van der Waals surface area (Å²) in [6.45, 7) is 1.43. The second-order valence-electron chi connectivity index (χ2n) is 2.58. The van der Waals surface area contributed by atoms with Crippen LogP contribution >= 0.6 is 0 Å². The molecule has 0 aliphatic heterocycles. The van der Waals surface area contributed by atoms with Gasteiger partial charge in [-0.05, 0) is 18.4 Å². The van der Waals surface area contributed by atoms with E-state index in [0.717, 1.165) is 6.20 Å². The second kappa shape index (κ2) is 4.35. The zero-order valence-corrected chi connectivity index (χ0v) is 7.52. The molecular formula is C9H8N2O3. The van der Waals surface area contributed by atoms with Crippen molar-refractivity contribution in [1.82, 2.24) is 4.98 Å². The predicted octanol–water partition coefficient (Wildman–Crippen LogP) is 0.642. The Labute approximate surface area is 80.6 Å². The van der Waals surface area contributed by atoms with Crippen molar-refractivity contribution in [3.8, 4) is 11.8 Å². The molecule has 1 heterocycles. The van der Waals surface area contributed by atoms with Gasteiger partial charge in [0.2, 0.25) is 0 Å². The summed E-state index contributed by atoms with van der Waals surface area (Å²) in [6, 6.07) is 1.40. The minimum Gasteiger partial charge on any atom is -0.384 e. The van der Waals surface area contributed by atoms with Crippen molar-refractivity contribution in [2.45, 2.75) is 6.92 Å². The number of hydrogen-bond donors (Lipinski definition) is 1. The first-order chi connectivity index (χ1) is 6.65. The molecule has 0 saturated carbocycles. The van der Waals surface area contributed by atoms with Gasteiger partial charge in [-0.25, -0.2) is 4.98 Å². The Morgan fingerprint density at radius 2 is 2.43 bits per heavy atom. The van der Waals surface area contributed by atoms with Gasteiger partial charge < -0.3 is 5.11 Å². The average molecular weight is 192 g/mol. The van der Waals surface area contributed by atoms with E-state index in [4.69, 9.17) is 5.11 Å². The molecule has 0 saturated heterocycles. The molecule has 0 radical (unpaired) electrons. The smallest absolute Gasteiger partial charge is 0.287 e. The van der Waals surface area contributed by atoms with Gasteiger partial charge in [0.15, 0.2) is 0 Å². The summed E-state index contributed by atoms with van der Waals surface area (Å²) in [6.07, 6.45) is 1.15. The monoisotopic (exact) mass is 192 g/mol. The second-order valence-corrected chi connectivity index (χ2v) is 2.58. The maximum absolute atomic E-state index is 10.4. The van der Waals surface area contributed by atoms with Crippen molar-refractivity contribution in [1.29, 1.82) is 0 Å². The minimum absolute atomic E-state index is 0.0583.